The number of rotatable bonds is 4. The van der Waals surface area contributed by atoms with Gasteiger partial charge in [-0.2, -0.15) is 0 Å². The molecule has 0 saturated carbocycles. The molecule has 102 valence electrons. The van der Waals surface area contributed by atoms with Crippen LogP contribution in [-0.2, 0) is 0 Å². The molecule has 0 fully saturated rings. The molecule has 1 aromatic heterocycles. The molecule has 0 saturated heterocycles. The number of carbonyl (C=O) groups excluding carboxylic acids is 1. The Balaban J connectivity index is 1.83. The third-order valence-corrected chi connectivity index (χ3v) is 3.27. The third-order valence-electron chi connectivity index (χ3n) is 2.40. The van der Waals surface area contributed by atoms with Crippen LogP contribution in [0.1, 0.15) is 15.9 Å². The molecule has 2 aromatic rings. The van der Waals surface area contributed by atoms with Crippen molar-refractivity contribution in [2.24, 2.45) is 0 Å². The second-order valence-electron chi connectivity index (χ2n) is 3.78. The van der Waals surface area contributed by atoms with Crippen molar-refractivity contribution in [3.63, 3.8) is 0 Å². The first-order chi connectivity index (χ1) is 9.66. The maximum absolute atomic E-state index is 11.7. The summed E-state index contributed by atoms with van der Waals surface area (Å²) >= 11 is 8.53. The van der Waals surface area contributed by atoms with Crippen molar-refractivity contribution in [2.75, 3.05) is 0 Å². The first-order valence-corrected chi connectivity index (χ1v) is 6.88. The molecule has 0 bridgehead atoms. The maximum atomic E-state index is 11.7. The van der Waals surface area contributed by atoms with Gasteiger partial charge in [0.25, 0.3) is 5.91 Å². The molecule has 3 N–H and O–H groups in total. The quantitative estimate of drug-likeness (QED) is 0.581. The number of hydrogen-bond acceptors (Lipinski definition) is 4. The molecule has 0 radical (unpaired) electrons. The summed E-state index contributed by atoms with van der Waals surface area (Å²) in [4.78, 5) is 16.0. The molecule has 0 unspecified atom stereocenters. The third kappa shape index (κ3) is 4.09. The Labute approximate surface area is 129 Å². The molecule has 2 rings (SSSR count). The second-order valence-corrected chi connectivity index (χ2v) is 5.10. The fourth-order valence-electron chi connectivity index (χ4n) is 1.39. The molecule has 7 heteroatoms. The van der Waals surface area contributed by atoms with Crippen molar-refractivity contribution in [3.8, 4) is 0 Å². The molecular formula is C13H11BrN4OS. The monoisotopic (exact) mass is 350 g/mol. The average Bonchev–Trinajstić information content (AvgIpc) is 2.48. The first-order valence-electron chi connectivity index (χ1n) is 5.68. The summed E-state index contributed by atoms with van der Waals surface area (Å²) in [6.45, 7) is 0. The van der Waals surface area contributed by atoms with Gasteiger partial charge < -0.3 is 0 Å². The number of halogens is 1. The fraction of sp³-hybridized carbons (Fsp3) is 0. The van der Waals surface area contributed by atoms with Crippen molar-refractivity contribution in [1.82, 2.24) is 21.4 Å². The lowest BCUT2D eigenvalue weighted by Crippen LogP contribution is -2.48. The number of benzene rings is 1. The number of pyridine rings is 1. The van der Waals surface area contributed by atoms with E-state index in [-0.39, 0.29) is 5.91 Å². The van der Waals surface area contributed by atoms with Gasteiger partial charge in [0, 0.05) is 28.0 Å². The normalized spacial score (nSPS) is 9.85. The van der Waals surface area contributed by atoms with E-state index < -0.39 is 0 Å². The lowest BCUT2D eigenvalue weighted by atomic mass is 10.2. The van der Waals surface area contributed by atoms with E-state index in [1.165, 1.54) is 0 Å². The second kappa shape index (κ2) is 7.09. The van der Waals surface area contributed by atoms with Crippen LogP contribution in [0, 0.1) is 0 Å². The van der Waals surface area contributed by atoms with Gasteiger partial charge in [0.1, 0.15) is 4.99 Å². The Morgan fingerprint density at radius 3 is 2.30 bits per heavy atom. The van der Waals surface area contributed by atoms with Gasteiger partial charge in [-0.15, -0.1) is 5.53 Å². The Kier molecular flexibility index (Phi) is 5.16. The van der Waals surface area contributed by atoms with Crippen molar-refractivity contribution in [2.45, 2.75) is 0 Å². The average molecular weight is 351 g/mol. The number of hydrazine groups is 2. The summed E-state index contributed by atoms with van der Waals surface area (Å²) in [5.74, 6) is -0.279. The summed E-state index contributed by atoms with van der Waals surface area (Å²) in [7, 11) is 0. The molecule has 0 aliphatic heterocycles. The van der Waals surface area contributed by atoms with Crippen LogP contribution in [0.4, 0.5) is 0 Å². The summed E-state index contributed by atoms with van der Waals surface area (Å²) in [5, 5.41) is 0. The van der Waals surface area contributed by atoms with E-state index >= 15 is 0 Å². The number of amides is 1. The zero-order chi connectivity index (χ0) is 14.4. The van der Waals surface area contributed by atoms with Crippen LogP contribution in [0.2, 0.25) is 0 Å². The zero-order valence-electron chi connectivity index (χ0n) is 10.3. The molecule has 0 spiro atoms. The fourth-order valence-corrected chi connectivity index (χ4v) is 1.85. The van der Waals surface area contributed by atoms with Gasteiger partial charge in [-0.25, -0.2) is 0 Å². The van der Waals surface area contributed by atoms with Crippen molar-refractivity contribution in [1.29, 1.82) is 0 Å². The highest BCUT2D eigenvalue weighted by Crippen LogP contribution is 2.10. The predicted octanol–water partition coefficient (Wildman–Crippen LogP) is 1.96. The number of aromatic nitrogens is 1. The molecule has 1 heterocycles. The Hall–Kier alpha value is -1.83. The van der Waals surface area contributed by atoms with Crippen LogP contribution in [0.3, 0.4) is 0 Å². The molecule has 1 amide bonds. The highest BCUT2D eigenvalue weighted by Gasteiger charge is 2.04. The van der Waals surface area contributed by atoms with E-state index in [0.717, 1.165) is 10.0 Å². The molecule has 5 nitrogen and oxygen atoms in total. The van der Waals surface area contributed by atoms with Gasteiger partial charge in [0.15, 0.2) is 0 Å². The Bertz CT molecular complexity index is 604. The van der Waals surface area contributed by atoms with Crippen LogP contribution in [0.5, 0.6) is 0 Å². The van der Waals surface area contributed by atoms with Crippen LogP contribution in [0.15, 0.2) is 53.3 Å². The number of nitrogens with zero attached hydrogens (tertiary/aromatic N) is 1. The van der Waals surface area contributed by atoms with Crippen molar-refractivity contribution in [3.05, 3.63) is 64.4 Å². The van der Waals surface area contributed by atoms with Gasteiger partial charge in [0.2, 0.25) is 0 Å². The van der Waals surface area contributed by atoms with Crippen LogP contribution in [-0.4, -0.2) is 15.9 Å². The molecule has 0 aliphatic carbocycles. The van der Waals surface area contributed by atoms with Crippen LogP contribution in [0.25, 0.3) is 0 Å². The molecule has 0 aliphatic rings. The number of carbonyl (C=O) groups is 1. The van der Waals surface area contributed by atoms with E-state index in [4.69, 9.17) is 12.2 Å². The number of hydrogen-bond donors (Lipinski definition) is 3. The van der Waals surface area contributed by atoms with Gasteiger partial charge >= 0.3 is 0 Å². The standard InChI is InChI=1S/C13H11BrN4OS/c14-11-3-1-10(2-4-11)13(20)17-18-16-12(19)9-5-7-15-8-6-9/h1-8,18H,(H,16,19)(H,17,20). The summed E-state index contributed by atoms with van der Waals surface area (Å²) in [6.07, 6.45) is 3.10. The summed E-state index contributed by atoms with van der Waals surface area (Å²) < 4.78 is 0.975. The van der Waals surface area contributed by atoms with Crippen LogP contribution < -0.4 is 16.4 Å². The Morgan fingerprint density at radius 1 is 1.00 bits per heavy atom. The summed E-state index contributed by atoms with van der Waals surface area (Å²) in [6, 6.07) is 10.7. The van der Waals surface area contributed by atoms with Gasteiger partial charge in [-0.05, 0) is 24.3 Å². The number of nitrogens with one attached hydrogen (secondary N) is 3. The zero-order valence-corrected chi connectivity index (χ0v) is 12.7. The minimum Gasteiger partial charge on any atom is -0.294 e. The SMILES string of the molecule is O=C(NNNC(=S)c1ccc(Br)cc1)c1ccncc1. The predicted molar refractivity (Wildman–Crippen MR) is 83.8 cm³/mol. The van der Waals surface area contributed by atoms with E-state index in [0.29, 0.717) is 10.6 Å². The van der Waals surface area contributed by atoms with Gasteiger partial charge in [-0.3, -0.25) is 20.6 Å². The van der Waals surface area contributed by atoms with E-state index in [1.54, 1.807) is 24.5 Å². The highest BCUT2D eigenvalue weighted by atomic mass is 79.9. The summed E-state index contributed by atoms with van der Waals surface area (Å²) in [5.41, 5.74) is 9.14. The van der Waals surface area contributed by atoms with Gasteiger partial charge in [-0.1, -0.05) is 40.3 Å². The molecule has 20 heavy (non-hydrogen) atoms. The first kappa shape index (κ1) is 14.6. The largest absolute Gasteiger partial charge is 0.294 e. The van der Waals surface area contributed by atoms with E-state index in [2.05, 4.69) is 37.3 Å². The smallest absolute Gasteiger partial charge is 0.266 e. The van der Waals surface area contributed by atoms with Crippen molar-refractivity contribution >= 4 is 39.0 Å². The van der Waals surface area contributed by atoms with Gasteiger partial charge in [0.05, 0.1) is 0 Å². The maximum Gasteiger partial charge on any atom is 0.266 e. The molecule has 0 atom stereocenters. The highest BCUT2D eigenvalue weighted by molar-refractivity contribution is 9.10. The van der Waals surface area contributed by atoms with E-state index in [9.17, 15) is 4.79 Å². The molecular weight excluding hydrogens is 340 g/mol. The minimum absolute atomic E-state index is 0.279. The van der Waals surface area contributed by atoms with E-state index in [1.807, 2.05) is 24.3 Å². The minimum atomic E-state index is -0.279. The topological polar surface area (TPSA) is 66.1 Å². The van der Waals surface area contributed by atoms with Crippen LogP contribution >= 0.6 is 28.1 Å². The lowest BCUT2D eigenvalue weighted by molar-refractivity contribution is 0.0929. The molecule has 1 aromatic carbocycles. The lowest BCUT2D eigenvalue weighted by Gasteiger charge is -2.10. The number of thiocarbonyl (C=S) groups is 1. The van der Waals surface area contributed by atoms with Crippen molar-refractivity contribution < 1.29 is 4.79 Å². The Morgan fingerprint density at radius 2 is 1.65 bits per heavy atom.